The number of ether oxygens (including phenoxy) is 1. The van der Waals surface area contributed by atoms with Crippen LogP contribution >= 0.6 is 11.6 Å². The molecule has 0 radical (unpaired) electrons. The molecule has 1 saturated carbocycles. The average molecular weight is 514 g/mol. The number of carbonyl (C=O) groups excluding carboxylic acids is 1. The van der Waals surface area contributed by atoms with Crippen molar-refractivity contribution >= 4 is 17.6 Å². The number of phenols is 1. The maximum atomic E-state index is 12.2. The van der Waals surface area contributed by atoms with Gasteiger partial charge in [-0.3, -0.25) is 9.69 Å². The number of aliphatic hydroxyl groups excluding tert-OH is 1. The lowest BCUT2D eigenvalue weighted by Gasteiger charge is -2.32. The predicted molar refractivity (Wildman–Crippen MR) is 143 cm³/mol. The van der Waals surface area contributed by atoms with Crippen molar-refractivity contribution < 1.29 is 19.7 Å². The van der Waals surface area contributed by atoms with Crippen LogP contribution in [0.4, 0.5) is 0 Å². The first-order valence-electron chi connectivity index (χ1n) is 13.2. The van der Waals surface area contributed by atoms with Gasteiger partial charge in [0.25, 0.3) is 0 Å². The molecule has 4 rings (SSSR count). The van der Waals surface area contributed by atoms with Gasteiger partial charge in [-0.1, -0.05) is 36.7 Å². The summed E-state index contributed by atoms with van der Waals surface area (Å²) in [5.74, 6) is 0.259. The Morgan fingerprint density at radius 2 is 1.94 bits per heavy atom. The number of esters is 1. The fourth-order valence-corrected chi connectivity index (χ4v) is 6.10. The Kier molecular flexibility index (Phi) is 8.33. The van der Waals surface area contributed by atoms with Crippen LogP contribution in [0.5, 0.6) is 5.75 Å². The molecule has 196 valence electrons. The third-order valence-corrected chi connectivity index (χ3v) is 8.56. The minimum Gasteiger partial charge on any atom is -0.508 e. The number of aliphatic hydroxyl groups is 1. The number of hydrogen-bond acceptors (Lipinski definition) is 5. The Morgan fingerprint density at radius 3 is 2.56 bits per heavy atom. The fourth-order valence-electron chi connectivity index (χ4n) is 5.90. The molecule has 1 heterocycles. The summed E-state index contributed by atoms with van der Waals surface area (Å²) < 4.78 is 4.98. The van der Waals surface area contributed by atoms with Crippen LogP contribution in [0.3, 0.4) is 0 Å². The lowest BCUT2D eigenvalue weighted by molar-refractivity contribution is -0.145. The summed E-state index contributed by atoms with van der Waals surface area (Å²) in [4.78, 5) is 14.7. The molecule has 2 aliphatic rings. The van der Waals surface area contributed by atoms with Crippen molar-refractivity contribution in [2.24, 2.45) is 11.8 Å². The van der Waals surface area contributed by atoms with Crippen molar-refractivity contribution in [1.82, 2.24) is 4.90 Å². The maximum absolute atomic E-state index is 12.2. The summed E-state index contributed by atoms with van der Waals surface area (Å²) in [6.07, 6.45) is 4.93. The number of likely N-dealkylation sites (tertiary alicyclic amines) is 1. The average Bonchev–Trinajstić information content (AvgIpc) is 3.61. The quantitative estimate of drug-likeness (QED) is 0.360. The van der Waals surface area contributed by atoms with Gasteiger partial charge in [0.05, 0.1) is 19.1 Å². The van der Waals surface area contributed by atoms with Crippen molar-refractivity contribution in [3.63, 3.8) is 0 Å². The SMILES string of the molecule is COC(=O)[C@@H](C)[C@H](c1ccc(CCC(O)c2ccc(Cl)cc2CN2CCCC2(C)C)c(O)c1)C1CC1. The van der Waals surface area contributed by atoms with E-state index in [0.717, 1.165) is 48.2 Å². The van der Waals surface area contributed by atoms with Crippen LogP contribution in [0, 0.1) is 11.8 Å². The van der Waals surface area contributed by atoms with E-state index < -0.39 is 6.10 Å². The van der Waals surface area contributed by atoms with E-state index in [2.05, 4.69) is 18.7 Å². The van der Waals surface area contributed by atoms with Gasteiger partial charge in [-0.2, -0.15) is 0 Å². The number of hydrogen-bond donors (Lipinski definition) is 2. The molecule has 0 spiro atoms. The van der Waals surface area contributed by atoms with E-state index in [1.807, 2.05) is 37.3 Å². The van der Waals surface area contributed by atoms with Gasteiger partial charge in [-0.15, -0.1) is 0 Å². The van der Waals surface area contributed by atoms with Gasteiger partial charge >= 0.3 is 5.97 Å². The van der Waals surface area contributed by atoms with E-state index in [-0.39, 0.29) is 29.1 Å². The molecular formula is C30H40ClNO4. The summed E-state index contributed by atoms with van der Waals surface area (Å²) in [6, 6.07) is 11.5. The van der Waals surface area contributed by atoms with E-state index in [1.165, 1.54) is 20.0 Å². The summed E-state index contributed by atoms with van der Waals surface area (Å²) in [5.41, 5.74) is 3.88. The maximum Gasteiger partial charge on any atom is 0.309 e. The number of benzene rings is 2. The Balaban J connectivity index is 1.46. The zero-order valence-corrected chi connectivity index (χ0v) is 22.7. The van der Waals surface area contributed by atoms with Crippen LogP contribution in [-0.2, 0) is 22.5 Å². The van der Waals surface area contributed by atoms with E-state index in [9.17, 15) is 15.0 Å². The zero-order chi connectivity index (χ0) is 26.0. The van der Waals surface area contributed by atoms with E-state index in [4.69, 9.17) is 16.3 Å². The van der Waals surface area contributed by atoms with Gasteiger partial charge in [0.2, 0.25) is 0 Å². The number of phenolic OH excluding ortho intramolecular Hbond substituents is 1. The molecule has 1 unspecified atom stereocenters. The highest BCUT2D eigenvalue weighted by atomic mass is 35.5. The highest BCUT2D eigenvalue weighted by molar-refractivity contribution is 6.30. The molecule has 1 aliphatic carbocycles. The molecule has 2 aromatic carbocycles. The number of nitrogens with zero attached hydrogens (tertiary/aromatic N) is 1. The van der Waals surface area contributed by atoms with Gasteiger partial charge in [0.15, 0.2) is 0 Å². The fraction of sp³-hybridized carbons (Fsp3) is 0.567. The Labute approximate surface area is 220 Å². The molecule has 1 aliphatic heterocycles. The lowest BCUT2D eigenvalue weighted by Crippen LogP contribution is -2.37. The molecule has 6 heteroatoms. The smallest absolute Gasteiger partial charge is 0.309 e. The zero-order valence-electron chi connectivity index (χ0n) is 22.0. The van der Waals surface area contributed by atoms with Gasteiger partial charge in [0, 0.05) is 17.1 Å². The summed E-state index contributed by atoms with van der Waals surface area (Å²) >= 11 is 6.33. The number of halogens is 1. The van der Waals surface area contributed by atoms with Crippen LogP contribution in [-0.4, -0.2) is 40.3 Å². The Morgan fingerprint density at radius 1 is 1.19 bits per heavy atom. The molecule has 0 bridgehead atoms. The molecule has 2 aromatic rings. The number of aryl methyl sites for hydroxylation is 1. The standard InChI is InChI=1S/C30H40ClNO4/c1-19(29(35)36-4)28(21-7-8-21)22-9-6-20(27(34)17-22)10-13-26(33)25-12-11-24(31)16-23(25)18-32-15-5-14-30(32,2)3/h6,9,11-12,16-17,19,21,26,28,33-34H,5,7-8,10,13-15,18H2,1-4H3/t19-,26?,28-/m0/s1. The highest BCUT2D eigenvalue weighted by Crippen LogP contribution is 2.47. The molecule has 36 heavy (non-hydrogen) atoms. The van der Waals surface area contributed by atoms with Gasteiger partial charge in [-0.25, -0.2) is 0 Å². The van der Waals surface area contributed by atoms with E-state index in [0.29, 0.717) is 23.8 Å². The van der Waals surface area contributed by atoms with Crippen LogP contribution < -0.4 is 0 Å². The second kappa shape index (κ2) is 11.1. The summed E-state index contributed by atoms with van der Waals surface area (Å²) in [6.45, 7) is 8.26. The predicted octanol–water partition coefficient (Wildman–Crippen LogP) is 6.39. The van der Waals surface area contributed by atoms with Crippen molar-refractivity contribution in [3.05, 3.63) is 63.7 Å². The Hall–Kier alpha value is -2.08. The van der Waals surface area contributed by atoms with Gasteiger partial charge in [0.1, 0.15) is 5.75 Å². The second-order valence-electron chi connectivity index (χ2n) is 11.3. The Bertz CT molecular complexity index is 1080. The summed E-state index contributed by atoms with van der Waals surface area (Å²) in [5, 5.41) is 22.6. The largest absolute Gasteiger partial charge is 0.508 e. The van der Waals surface area contributed by atoms with Crippen LogP contribution in [0.1, 0.15) is 87.2 Å². The van der Waals surface area contributed by atoms with Crippen LogP contribution in [0.15, 0.2) is 36.4 Å². The molecule has 1 saturated heterocycles. The summed E-state index contributed by atoms with van der Waals surface area (Å²) in [7, 11) is 1.42. The topological polar surface area (TPSA) is 70.0 Å². The van der Waals surface area contributed by atoms with E-state index in [1.54, 1.807) is 6.07 Å². The highest BCUT2D eigenvalue weighted by Gasteiger charge is 2.39. The second-order valence-corrected chi connectivity index (χ2v) is 11.7. The van der Waals surface area contributed by atoms with Crippen molar-refractivity contribution in [2.75, 3.05) is 13.7 Å². The van der Waals surface area contributed by atoms with Crippen molar-refractivity contribution in [2.45, 2.75) is 83.4 Å². The van der Waals surface area contributed by atoms with Gasteiger partial charge in [-0.05, 0) is 111 Å². The third kappa shape index (κ3) is 6.07. The molecular weight excluding hydrogens is 474 g/mol. The minimum atomic E-state index is -0.652. The molecule has 0 amide bonds. The first-order chi connectivity index (χ1) is 17.1. The normalized spacial score (nSPS) is 20.2. The third-order valence-electron chi connectivity index (χ3n) is 8.32. The first-order valence-corrected chi connectivity index (χ1v) is 13.6. The van der Waals surface area contributed by atoms with Crippen LogP contribution in [0.2, 0.25) is 5.02 Å². The number of aromatic hydroxyl groups is 1. The number of methoxy groups -OCH3 is 1. The molecule has 3 atom stereocenters. The monoisotopic (exact) mass is 513 g/mol. The molecule has 0 aromatic heterocycles. The lowest BCUT2D eigenvalue weighted by atomic mass is 9.82. The molecule has 5 nitrogen and oxygen atoms in total. The minimum absolute atomic E-state index is 0.0504. The van der Waals surface area contributed by atoms with Crippen LogP contribution in [0.25, 0.3) is 0 Å². The van der Waals surface area contributed by atoms with Gasteiger partial charge < -0.3 is 14.9 Å². The van der Waals surface area contributed by atoms with E-state index >= 15 is 0 Å². The number of carbonyl (C=O) groups is 1. The molecule has 2 fully saturated rings. The molecule has 2 N–H and O–H groups in total. The van der Waals surface area contributed by atoms with Crippen molar-refractivity contribution in [1.29, 1.82) is 0 Å². The first kappa shape index (κ1) is 27.0. The number of rotatable bonds is 10. The van der Waals surface area contributed by atoms with Crippen molar-refractivity contribution in [3.8, 4) is 5.75 Å².